The molecule has 0 aromatic carbocycles. The Morgan fingerprint density at radius 3 is 2.88 bits per heavy atom. The van der Waals surface area contributed by atoms with Crippen molar-refractivity contribution < 1.29 is 27.9 Å². The van der Waals surface area contributed by atoms with Gasteiger partial charge in [0.15, 0.2) is 0 Å². The summed E-state index contributed by atoms with van der Waals surface area (Å²) in [6.07, 6.45) is 2.98. The fourth-order valence-electron chi connectivity index (χ4n) is 2.50. The summed E-state index contributed by atoms with van der Waals surface area (Å²) in [6, 6.07) is 0. The zero-order valence-corrected chi connectivity index (χ0v) is 15.5. The molecule has 0 spiro atoms. The number of carbonyl (C=O) groups is 2. The molecule has 0 bridgehead atoms. The van der Waals surface area contributed by atoms with Gasteiger partial charge in [-0.05, 0) is 0 Å². The van der Waals surface area contributed by atoms with Crippen LogP contribution in [0, 0.1) is 0 Å². The fraction of sp³-hybridized carbons (Fsp3) is 0.643. The van der Waals surface area contributed by atoms with Crippen LogP contribution in [0.5, 0.6) is 0 Å². The largest absolute Gasteiger partial charge is 0.480 e. The number of aryl methyl sites for hydroxylation is 1. The van der Waals surface area contributed by atoms with E-state index in [9.17, 15) is 18.0 Å². The van der Waals surface area contributed by atoms with Crippen molar-refractivity contribution in [3.05, 3.63) is 16.6 Å². The van der Waals surface area contributed by atoms with Crippen molar-refractivity contribution in [3.8, 4) is 0 Å². The van der Waals surface area contributed by atoms with Crippen molar-refractivity contribution in [1.82, 2.24) is 14.2 Å². The lowest BCUT2D eigenvalue weighted by Crippen LogP contribution is -2.51. The van der Waals surface area contributed by atoms with Crippen LogP contribution in [0.1, 0.15) is 11.4 Å². The van der Waals surface area contributed by atoms with Crippen LogP contribution in [0.4, 0.5) is 0 Å². The predicted molar refractivity (Wildman–Crippen MR) is 90.8 cm³/mol. The van der Waals surface area contributed by atoms with E-state index in [1.165, 1.54) is 11.3 Å². The Morgan fingerprint density at radius 1 is 1.52 bits per heavy atom. The van der Waals surface area contributed by atoms with E-state index >= 15 is 0 Å². The predicted octanol–water partition coefficient (Wildman–Crippen LogP) is -0.351. The standard InChI is InChI=1S/C14H21N3O6S2/c1-25(21,22)17(10-14(19)20)9-11-8-16(5-6-23-11)13(18)3-2-12-15-4-7-24-12/h4,7,11H,2-3,5-6,8-10H2,1H3,(H,19,20). The minimum Gasteiger partial charge on any atom is -0.480 e. The monoisotopic (exact) mass is 391 g/mol. The topological polar surface area (TPSA) is 117 Å². The van der Waals surface area contributed by atoms with Crippen molar-refractivity contribution in [2.24, 2.45) is 0 Å². The summed E-state index contributed by atoms with van der Waals surface area (Å²) in [5.41, 5.74) is 0. The van der Waals surface area contributed by atoms with Crippen molar-refractivity contribution in [2.45, 2.75) is 18.9 Å². The molecule has 0 radical (unpaired) electrons. The second-order valence-electron chi connectivity index (χ2n) is 5.71. The van der Waals surface area contributed by atoms with Crippen molar-refractivity contribution >= 4 is 33.2 Å². The molecule has 1 aliphatic heterocycles. The zero-order chi connectivity index (χ0) is 18.4. The molecule has 11 heteroatoms. The fourth-order valence-corrected chi connectivity index (χ4v) is 3.90. The first-order valence-electron chi connectivity index (χ1n) is 7.70. The van der Waals surface area contributed by atoms with E-state index in [0.717, 1.165) is 15.6 Å². The molecule has 2 heterocycles. The maximum atomic E-state index is 12.3. The third kappa shape index (κ3) is 6.34. The number of aromatic nitrogens is 1. The quantitative estimate of drug-likeness (QED) is 0.643. The van der Waals surface area contributed by atoms with E-state index in [1.54, 1.807) is 11.1 Å². The van der Waals surface area contributed by atoms with E-state index in [4.69, 9.17) is 9.84 Å². The Kier molecular flexibility index (Phi) is 6.87. The number of morpholine rings is 1. The van der Waals surface area contributed by atoms with Gasteiger partial charge in [-0.15, -0.1) is 11.3 Å². The van der Waals surface area contributed by atoms with E-state index < -0.39 is 28.6 Å². The summed E-state index contributed by atoms with van der Waals surface area (Å²) in [5.74, 6) is -1.29. The maximum Gasteiger partial charge on any atom is 0.318 e. The summed E-state index contributed by atoms with van der Waals surface area (Å²) < 4.78 is 29.8. The lowest BCUT2D eigenvalue weighted by atomic mass is 10.2. The summed E-state index contributed by atoms with van der Waals surface area (Å²) in [4.78, 5) is 28.9. The van der Waals surface area contributed by atoms with Crippen LogP contribution >= 0.6 is 11.3 Å². The van der Waals surface area contributed by atoms with Crippen molar-refractivity contribution in [1.29, 1.82) is 0 Å². The molecule has 1 amide bonds. The van der Waals surface area contributed by atoms with Crippen LogP contribution in [0.3, 0.4) is 0 Å². The molecule has 2 rings (SSSR count). The molecular weight excluding hydrogens is 370 g/mol. The zero-order valence-electron chi connectivity index (χ0n) is 13.8. The number of amides is 1. The van der Waals surface area contributed by atoms with E-state index in [1.807, 2.05) is 5.38 Å². The molecular formula is C14H21N3O6S2. The minimum atomic E-state index is -3.67. The summed E-state index contributed by atoms with van der Waals surface area (Å²) >= 11 is 1.49. The average molecular weight is 391 g/mol. The molecule has 1 unspecified atom stereocenters. The molecule has 0 saturated carbocycles. The van der Waals surface area contributed by atoms with Gasteiger partial charge < -0.3 is 14.7 Å². The van der Waals surface area contributed by atoms with Gasteiger partial charge in [0.2, 0.25) is 15.9 Å². The Hall–Kier alpha value is -1.56. The highest BCUT2D eigenvalue weighted by molar-refractivity contribution is 7.88. The summed E-state index contributed by atoms with van der Waals surface area (Å²) in [5, 5.41) is 11.6. The lowest BCUT2D eigenvalue weighted by molar-refractivity contribution is -0.141. The van der Waals surface area contributed by atoms with Gasteiger partial charge in [0.25, 0.3) is 0 Å². The molecule has 1 saturated heterocycles. The Labute approximate surface area is 150 Å². The highest BCUT2D eigenvalue weighted by atomic mass is 32.2. The number of carboxylic acid groups (broad SMARTS) is 1. The second-order valence-corrected chi connectivity index (χ2v) is 8.67. The minimum absolute atomic E-state index is 0.0485. The highest BCUT2D eigenvalue weighted by Gasteiger charge is 2.29. The van der Waals surface area contributed by atoms with Gasteiger partial charge >= 0.3 is 5.97 Å². The van der Waals surface area contributed by atoms with Crippen LogP contribution in [0.15, 0.2) is 11.6 Å². The molecule has 25 heavy (non-hydrogen) atoms. The smallest absolute Gasteiger partial charge is 0.318 e. The number of hydrogen-bond acceptors (Lipinski definition) is 7. The number of sulfonamides is 1. The van der Waals surface area contributed by atoms with Crippen LogP contribution in [0.25, 0.3) is 0 Å². The molecule has 9 nitrogen and oxygen atoms in total. The molecule has 140 valence electrons. The first-order chi connectivity index (χ1) is 11.8. The molecule has 1 aliphatic rings. The van der Waals surface area contributed by atoms with Gasteiger partial charge in [0.05, 0.1) is 24.0 Å². The van der Waals surface area contributed by atoms with Gasteiger partial charge in [0.1, 0.15) is 6.54 Å². The maximum absolute atomic E-state index is 12.3. The number of aliphatic carboxylic acids is 1. The highest BCUT2D eigenvalue weighted by Crippen LogP contribution is 2.13. The number of carboxylic acids is 1. The number of nitrogens with zero attached hydrogens (tertiary/aromatic N) is 3. The first kappa shape index (κ1) is 19.8. The Morgan fingerprint density at radius 2 is 2.28 bits per heavy atom. The van der Waals surface area contributed by atoms with Gasteiger partial charge in [0, 0.05) is 44.1 Å². The molecule has 1 aromatic rings. The van der Waals surface area contributed by atoms with E-state index in [0.29, 0.717) is 26.0 Å². The molecule has 1 aromatic heterocycles. The van der Waals surface area contributed by atoms with Gasteiger partial charge in [-0.2, -0.15) is 4.31 Å². The Balaban J connectivity index is 1.90. The van der Waals surface area contributed by atoms with Crippen molar-refractivity contribution in [2.75, 3.05) is 39.0 Å². The van der Waals surface area contributed by atoms with Crippen LogP contribution in [-0.2, 0) is 30.8 Å². The molecule has 1 atom stereocenters. The third-order valence-corrected chi connectivity index (χ3v) is 5.77. The third-order valence-electron chi connectivity index (χ3n) is 3.72. The average Bonchev–Trinajstić information content (AvgIpc) is 3.04. The van der Waals surface area contributed by atoms with Gasteiger partial charge in [-0.3, -0.25) is 9.59 Å². The second kappa shape index (κ2) is 8.70. The van der Waals surface area contributed by atoms with Crippen molar-refractivity contribution in [3.63, 3.8) is 0 Å². The van der Waals surface area contributed by atoms with Crippen LogP contribution in [0.2, 0.25) is 0 Å². The Bertz CT molecular complexity index is 691. The first-order valence-corrected chi connectivity index (χ1v) is 10.4. The number of rotatable bonds is 8. The SMILES string of the molecule is CS(=O)(=O)N(CC(=O)O)CC1CN(C(=O)CCc2nccs2)CCO1. The number of ether oxygens (including phenoxy) is 1. The molecule has 1 fully saturated rings. The molecule has 1 N–H and O–H groups in total. The number of carbonyl (C=O) groups excluding carboxylic acids is 1. The summed E-state index contributed by atoms with van der Waals surface area (Å²) in [6.45, 7) is 0.240. The lowest BCUT2D eigenvalue weighted by Gasteiger charge is -2.34. The van der Waals surface area contributed by atoms with Gasteiger partial charge in [-0.1, -0.05) is 0 Å². The number of hydrogen-bond donors (Lipinski definition) is 1. The van der Waals surface area contributed by atoms with E-state index in [2.05, 4.69) is 4.98 Å². The van der Waals surface area contributed by atoms with E-state index in [-0.39, 0.29) is 19.0 Å². The number of thiazole rings is 1. The summed E-state index contributed by atoms with van der Waals surface area (Å²) in [7, 11) is -3.67. The van der Waals surface area contributed by atoms with Crippen LogP contribution in [-0.4, -0.2) is 84.7 Å². The normalized spacial score (nSPS) is 18.5. The van der Waals surface area contributed by atoms with Crippen LogP contribution < -0.4 is 0 Å². The molecule has 0 aliphatic carbocycles. The van der Waals surface area contributed by atoms with Gasteiger partial charge in [-0.25, -0.2) is 13.4 Å².